The van der Waals surface area contributed by atoms with E-state index in [0.29, 0.717) is 12.8 Å². The normalized spacial score (nSPS) is 14.0. The minimum atomic E-state index is -1.28. The minimum Gasteiger partial charge on any atom is -0.394 e. The zero-order valence-corrected chi connectivity index (χ0v) is 39.1. The van der Waals surface area contributed by atoms with Crippen molar-refractivity contribution in [2.75, 3.05) is 6.61 Å². The predicted molar refractivity (Wildman–Crippen MR) is 251 cm³/mol. The molecule has 0 aromatic rings. The highest BCUT2D eigenvalue weighted by molar-refractivity contribution is 5.80. The molecule has 0 heterocycles. The average Bonchev–Trinajstić information content (AvgIpc) is 3.23. The number of carbonyl (C=O) groups excluding carboxylic acids is 1. The first-order chi connectivity index (χ1) is 28.5. The van der Waals surface area contributed by atoms with Crippen LogP contribution in [0.25, 0.3) is 0 Å². The predicted octanol–water partition coefficient (Wildman–Crippen LogP) is 14.5. The second kappa shape index (κ2) is 47.1. The Kier molecular flexibility index (Phi) is 46.3. The van der Waals surface area contributed by atoms with Gasteiger partial charge in [-0.3, -0.25) is 4.79 Å². The molecule has 0 radical (unpaired) electrons. The lowest BCUT2D eigenvalue weighted by molar-refractivity contribution is -0.132. The highest BCUT2D eigenvalue weighted by Crippen LogP contribution is 2.17. The standard InChI is InChI=1S/C52H103NO5/c1-3-5-7-9-11-13-15-17-19-21-23-24-25-26-27-28-30-32-34-36-38-40-42-44-46-50(56)52(58)53-48(47-54)51(57)49(55)45-43-41-39-37-35-33-31-29-22-20-18-16-14-12-10-8-6-4-2/h37,39,48-51,54-57H,3-36,38,40-47H2,1-2H3,(H,53,58)/b39-37+. The fraction of sp³-hybridized carbons (Fsp3) is 0.942. The van der Waals surface area contributed by atoms with Crippen LogP contribution in [0, 0.1) is 0 Å². The summed E-state index contributed by atoms with van der Waals surface area (Å²) >= 11 is 0. The molecule has 0 rings (SSSR count). The van der Waals surface area contributed by atoms with Crippen molar-refractivity contribution in [2.45, 2.75) is 308 Å². The van der Waals surface area contributed by atoms with Gasteiger partial charge in [0.2, 0.25) is 5.91 Å². The van der Waals surface area contributed by atoms with E-state index in [1.807, 2.05) is 0 Å². The molecule has 0 saturated carbocycles. The molecule has 0 aliphatic rings. The molecule has 4 atom stereocenters. The van der Waals surface area contributed by atoms with E-state index in [-0.39, 0.29) is 0 Å². The Morgan fingerprint density at radius 2 is 0.707 bits per heavy atom. The monoisotopic (exact) mass is 822 g/mol. The van der Waals surface area contributed by atoms with E-state index in [2.05, 4.69) is 31.3 Å². The van der Waals surface area contributed by atoms with Crippen molar-refractivity contribution in [3.63, 3.8) is 0 Å². The number of amides is 1. The number of rotatable bonds is 48. The molecular weight excluding hydrogens is 719 g/mol. The number of allylic oxidation sites excluding steroid dienone is 2. The van der Waals surface area contributed by atoms with Crippen LogP contribution in [-0.2, 0) is 4.79 Å². The molecule has 0 saturated heterocycles. The van der Waals surface area contributed by atoms with Crippen LogP contribution in [0.1, 0.15) is 284 Å². The molecule has 58 heavy (non-hydrogen) atoms. The summed E-state index contributed by atoms with van der Waals surface area (Å²) in [4.78, 5) is 12.6. The maximum Gasteiger partial charge on any atom is 0.249 e. The molecule has 346 valence electrons. The van der Waals surface area contributed by atoms with Gasteiger partial charge in [0, 0.05) is 0 Å². The smallest absolute Gasteiger partial charge is 0.249 e. The van der Waals surface area contributed by atoms with Crippen molar-refractivity contribution in [2.24, 2.45) is 0 Å². The lowest BCUT2D eigenvalue weighted by atomic mass is 10.00. The van der Waals surface area contributed by atoms with Crippen LogP contribution in [0.2, 0.25) is 0 Å². The first kappa shape index (κ1) is 57.1. The third-order valence-corrected chi connectivity index (χ3v) is 12.5. The van der Waals surface area contributed by atoms with Gasteiger partial charge in [-0.2, -0.15) is 0 Å². The van der Waals surface area contributed by atoms with Gasteiger partial charge in [0.05, 0.1) is 18.8 Å². The molecule has 0 aromatic heterocycles. The van der Waals surface area contributed by atoms with Gasteiger partial charge in [-0.05, 0) is 38.5 Å². The van der Waals surface area contributed by atoms with Crippen LogP contribution in [0.15, 0.2) is 12.2 Å². The third-order valence-electron chi connectivity index (χ3n) is 12.5. The average molecular weight is 822 g/mol. The summed E-state index contributed by atoms with van der Waals surface area (Å²) in [6.07, 6.45) is 54.1. The highest BCUT2D eigenvalue weighted by atomic mass is 16.3. The molecule has 0 bridgehead atoms. The molecule has 0 aliphatic carbocycles. The summed E-state index contributed by atoms with van der Waals surface area (Å²) < 4.78 is 0. The summed E-state index contributed by atoms with van der Waals surface area (Å²) in [5.41, 5.74) is 0. The summed E-state index contributed by atoms with van der Waals surface area (Å²) in [6.45, 7) is 4.07. The molecule has 1 amide bonds. The maximum absolute atomic E-state index is 12.6. The number of aliphatic hydroxyl groups is 4. The fourth-order valence-corrected chi connectivity index (χ4v) is 8.35. The molecule has 5 N–H and O–H groups in total. The number of hydrogen-bond donors (Lipinski definition) is 5. The van der Waals surface area contributed by atoms with Crippen molar-refractivity contribution >= 4 is 5.91 Å². The zero-order chi connectivity index (χ0) is 42.4. The summed E-state index contributed by atoms with van der Waals surface area (Å²) in [6, 6.07) is -0.998. The van der Waals surface area contributed by atoms with Gasteiger partial charge < -0.3 is 25.7 Å². The van der Waals surface area contributed by atoms with Crippen molar-refractivity contribution in [1.29, 1.82) is 0 Å². The van der Waals surface area contributed by atoms with Crippen molar-refractivity contribution in [3.05, 3.63) is 12.2 Å². The molecule has 0 aliphatic heterocycles. The van der Waals surface area contributed by atoms with Crippen molar-refractivity contribution in [1.82, 2.24) is 5.32 Å². The lowest BCUT2D eigenvalue weighted by Crippen LogP contribution is -2.53. The Morgan fingerprint density at radius 3 is 1.03 bits per heavy atom. The van der Waals surface area contributed by atoms with E-state index in [1.54, 1.807) is 0 Å². The number of nitrogens with one attached hydrogen (secondary N) is 1. The highest BCUT2D eigenvalue weighted by Gasteiger charge is 2.28. The Hall–Kier alpha value is -0.950. The molecule has 4 unspecified atom stereocenters. The molecular formula is C52H103NO5. The van der Waals surface area contributed by atoms with Crippen molar-refractivity contribution in [3.8, 4) is 0 Å². The number of carbonyl (C=O) groups is 1. The van der Waals surface area contributed by atoms with Gasteiger partial charge in [0.1, 0.15) is 12.2 Å². The SMILES string of the molecule is CCCCCCCCCCCCCCC/C=C/CCCC(O)C(O)C(CO)NC(=O)C(O)CCCCCCCCCCCCCCCCCCCCCCCCCC. The van der Waals surface area contributed by atoms with Crippen molar-refractivity contribution < 1.29 is 25.2 Å². The second-order valence-electron chi connectivity index (χ2n) is 18.2. The molecule has 6 heteroatoms. The summed E-state index contributed by atoms with van der Waals surface area (Å²) in [7, 11) is 0. The zero-order valence-electron chi connectivity index (χ0n) is 39.1. The van der Waals surface area contributed by atoms with E-state index in [4.69, 9.17) is 0 Å². The van der Waals surface area contributed by atoms with E-state index in [0.717, 1.165) is 38.5 Å². The summed E-state index contributed by atoms with van der Waals surface area (Å²) in [5.74, 6) is -0.588. The van der Waals surface area contributed by atoms with Gasteiger partial charge in [0.25, 0.3) is 0 Å². The first-order valence-electron chi connectivity index (χ1n) is 26.1. The van der Waals surface area contributed by atoms with E-state index >= 15 is 0 Å². The topological polar surface area (TPSA) is 110 Å². The van der Waals surface area contributed by atoms with Gasteiger partial charge in [-0.15, -0.1) is 0 Å². The Morgan fingerprint density at radius 1 is 0.414 bits per heavy atom. The first-order valence-corrected chi connectivity index (χ1v) is 26.1. The van der Waals surface area contributed by atoms with Crippen LogP contribution in [0.3, 0.4) is 0 Å². The number of aliphatic hydroxyl groups excluding tert-OH is 4. The molecule has 0 aromatic carbocycles. The lowest BCUT2D eigenvalue weighted by Gasteiger charge is -2.27. The Labute approximate surface area is 362 Å². The summed E-state index contributed by atoms with van der Waals surface area (Å²) in [5, 5.41) is 43.9. The maximum atomic E-state index is 12.6. The van der Waals surface area contributed by atoms with Crippen LogP contribution < -0.4 is 5.32 Å². The number of hydrogen-bond acceptors (Lipinski definition) is 5. The van der Waals surface area contributed by atoms with E-state index in [1.165, 1.54) is 218 Å². The van der Waals surface area contributed by atoms with E-state index in [9.17, 15) is 25.2 Å². The third kappa shape index (κ3) is 40.5. The van der Waals surface area contributed by atoms with Crippen LogP contribution >= 0.6 is 0 Å². The van der Waals surface area contributed by atoms with Gasteiger partial charge in [0.15, 0.2) is 0 Å². The largest absolute Gasteiger partial charge is 0.394 e. The van der Waals surface area contributed by atoms with Gasteiger partial charge in [-0.25, -0.2) is 0 Å². The van der Waals surface area contributed by atoms with Crippen LogP contribution in [0.4, 0.5) is 0 Å². The Bertz CT molecular complexity index is 837. The fourth-order valence-electron chi connectivity index (χ4n) is 8.35. The van der Waals surface area contributed by atoms with Gasteiger partial charge in [-0.1, -0.05) is 257 Å². The molecule has 0 fully saturated rings. The number of unbranched alkanes of at least 4 members (excludes halogenated alkanes) is 37. The quantitative estimate of drug-likeness (QED) is 0.0310. The molecule has 0 spiro atoms. The van der Waals surface area contributed by atoms with Crippen LogP contribution in [0.5, 0.6) is 0 Å². The molecule has 6 nitrogen and oxygen atoms in total. The minimum absolute atomic E-state index is 0.369. The second-order valence-corrected chi connectivity index (χ2v) is 18.2. The van der Waals surface area contributed by atoms with E-state index < -0.39 is 36.9 Å². The van der Waals surface area contributed by atoms with Crippen LogP contribution in [-0.4, -0.2) is 57.3 Å². The Balaban J connectivity index is 3.65. The van der Waals surface area contributed by atoms with Gasteiger partial charge >= 0.3 is 0 Å².